The van der Waals surface area contributed by atoms with E-state index in [1.54, 1.807) is 38.4 Å². The predicted molar refractivity (Wildman–Crippen MR) is 88.1 cm³/mol. The van der Waals surface area contributed by atoms with E-state index in [2.05, 4.69) is 0 Å². The number of ether oxygens (including phenoxy) is 1. The van der Waals surface area contributed by atoms with Gasteiger partial charge in [-0.15, -0.1) is 0 Å². The molecule has 0 radical (unpaired) electrons. The SMILES string of the molecule is COc1ccccc1N(C)C(=O)c1cccc(C(N)=S)c1. The van der Waals surface area contributed by atoms with Crippen LogP contribution >= 0.6 is 12.2 Å². The smallest absolute Gasteiger partial charge is 0.258 e. The molecule has 0 aliphatic heterocycles. The van der Waals surface area contributed by atoms with Crippen molar-refractivity contribution in [1.29, 1.82) is 0 Å². The van der Waals surface area contributed by atoms with E-state index in [4.69, 9.17) is 22.7 Å². The molecule has 0 fully saturated rings. The number of hydrogen-bond donors (Lipinski definition) is 1. The number of nitrogens with two attached hydrogens (primary N) is 1. The summed E-state index contributed by atoms with van der Waals surface area (Å²) in [6.07, 6.45) is 0. The van der Waals surface area contributed by atoms with E-state index in [-0.39, 0.29) is 10.9 Å². The molecule has 2 rings (SSSR count). The van der Waals surface area contributed by atoms with Crippen molar-refractivity contribution in [1.82, 2.24) is 0 Å². The zero-order chi connectivity index (χ0) is 15.4. The average Bonchev–Trinajstić information content (AvgIpc) is 2.53. The molecule has 0 bridgehead atoms. The van der Waals surface area contributed by atoms with Gasteiger partial charge in [-0.05, 0) is 24.3 Å². The van der Waals surface area contributed by atoms with Crippen LogP contribution in [0.25, 0.3) is 0 Å². The van der Waals surface area contributed by atoms with Gasteiger partial charge in [-0.2, -0.15) is 0 Å². The number of thiocarbonyl (C=S) groups is 1. The molecule has 1 amide bonds. The Morgan fingerprint density at radius 2 is 1.81 bits per heavy atom. The van der Waals surface area contributed by atoms with Crippen LogP contribution in [0.5, 0.6) is 5.75 Å². The molecule has 0 aliphatic carbocycles. The molecule has 2 N–H and O–H groups in total. The van der Waals surface area contributed by atoms with E-state index in [0.29, 0.717) is 22.6 Å². The quantitative estimate of drug-likeness (QED) is 0.882. The summed E-state index contributed by atoms with van der Waals surface area (Å²) in [5.41, 5.74) is 7.49. The van der Waals surface area contributed by atoms with E-state index in [0.717, 1.165) is 0 Å². The van der Waals surface area contributed by atoms with Gasteiger partial charge in [-0.25, -0.2) is 0 Å². The second-order valence-electron chi connectivity index (χ2n) is 4.48. The van der Waals surface area contributed by atoms with Crippen LogP contribution in [0.4, 0.5) is 5.69 Å². The Kier molecular flexibility index (Phi) is 4.55. The van der Waals surface area contributed by atoms with Crippen LogP contribution in [-0.4, -0.2) is 25.1 Å². The highest BCUT2D eigenvalue weighted by molar-refractivity contribution is 7.80. The molecule has 0 atom stereocenters. The highest BCUT2D eigenvalue weighted by Crippen LogP contribution is 2.27. The first kappa shape index (κ1) is 15.0. The molecular weight excluding hydrogens is 284 g/mol. The molecule has 21 heavy (non-hydrogen) atoms. The van der Waals surface area contributed by atoms with Crippen molar-refractivity contribution in [2.75, 3.05) is 19.1 Å². The lowest BCUT2D eigenvalue weighted by atomic mass is 10.1. The topological polar surface area (TPSA) is 55.6 Å². The summed E-state index contributed by atoms with van der Waals surface area (Å²) in [5, 5.41) is 0. The van der Waals surface area contributed by atoms with Gasteiger partial charge < -0.3 is 15.4 Å². The summed E-state index contributed by atoms with van der Waals surface area (Å²) in [6, 6.07) is 14.3. The van der Waals surface area contributed by atoms with E-state index in [9.17, 15) is 4.79 Å². The van der Waals surface area contributed by atoms with Gasteiger partial charge in [0.15, 0.2) is 0 Å². The lowest BCUT2D eigenvalue weighted by Gasteiger charge is -2.20. The third-order valence-corrected chi connectivity index (χ3v) is 3.38. The molecule has 5 heteroatoms. The van der Waals surface area contributed by atoms with Gasteiger partial charge >= 0.3 is 0 Å². The van der Waals surface area contributed by atoms with Crippen LogP contribution < -0.4 is 15.4 Å². The van der Waals surface area contributed by atoms with Crippen molar-refractivity contribution in [2.24, 2.45) is 5.73 Å². The van der Waals surface area contributed by atoms with Gasteiger partial charge in [-0.1, -0.05) is 36.5 Å². The Balaban J connectivity index is 2.35. The van der Waals surface area contributed by atoms with Crippen molar-refractivity contribution < 1.29 is 9.53 Å². The lowest BCUT2D eigenvalue weighted by molar-refractivity contribution is 0.0992. The minimum absolute atomic E-state index is 0.155. The van der Waals surface area contributed by atoms with Crippen molar-refractivity contribution >= 4 is 28.8 Å². The number of para-hydroxylation sites is 2. The first-order chi connectivity index (χ1) is 10.0. The first-order valence-electron chi connectivity index (χ1n) is 6.35. The van der Waals surface area contributed by atoms with Crippen LogP contribution in [0, 0.1) is 0 Å². The molecule has 108 valence electrons. The molecule has 0 saturated carbocycles. The molecule has 0 unspecified atom stereocenters. The lowest BCUT2D eigenvalue weighted by Crippen LogP contribution is -2.27. The Morgan fingerprint density at radius 3 is 2.48 bits per heavy atom. The van der Waals surface area contributed by atoms with Crippen LogP contribution in [-0.2, 0) is 0 Å². The van der Waals surface area contributed by atoms with Crippen molar-refractivity contribution in [3.05, 3.63) is 59.7 Å². The standard InChI is InChI=1S/C16H16N2O2S/c1-18(13-8-3-4-9-14(13)20-2)16(19)12-7-5-6-11(10-12)15(17)21/h3-10H,1-2H3,(H2,17,21). The summed E-state index contributed by atoms with van der Waals surface area (Å²) in [5.74, 6) is 0.483. The second kappa shape index (κ2) is 6.37. The summed E-state index contributed by atoms with van der Waals surface area (Å²) < 4.78 is 5.28. The third-order valence-electron chi connectivity index (χ3n) is 3.15. The minimum atomic E-state index is -0.155. The van der Waals surface area contributed by atoms with E-state index in [1.807, 2.05) is 24.3 Å². The van der Waals surface area contributed by atoms with Gasteiger partial charge in [0.25, 0.3) is 5.91 Å². The summed E-state index contributed by atoms with van der Waals surface area (Å²) in [7, 11) is 3.28. The van der Waals surface area contributed by atoms with Crippen molar-refractivity contribution in [2.45, 2.75) is 0 Å². The zero-order valence-electron chi connectivity index (χ0n) is 11.9. The molecule has 0 saturated heterocycles. The molecule has 0 heterocycles. The number of rotatable bonds is 4. The second-order valence-corrected chi connectivity index (χ2v) is 4.92. The van der Waals surface area contributed by atoms with Crippen molar-refractivity contribution in [3.8, 4) is 5.75 Å². The van der Waals surface area contributed by atoms with Crippen LogP contribution in [0.1, 0.15) is 15.9 Å². The highest BCUT2D eigenvalue weighted by atomic mass is 32.1. The Labute approximate surface area is 129 Å². The van der Waals surface area contributed by atoms with E-state index >= 15 is 0 Å². The van der Waals surface area contributed by atoms with Gasteiger partial charge in [0.1, 0.15) is 10.7 Å². The number of methoxy groups -OCH3 is 1. The fraction of sp³-hybridized carbons (Fsp3) is 0.125. The average molecular weight is 300 g/mol. The van der Waals surface area contributed by atoms with Crippen LogP contribution in [0.2, 0.25) is 0 Å². The first-order valence-corrected chi connectivity index (χ1v) is 6.76. The number of amides is 1. The molecule has 0 aromatic heterocycles. The molecule has 2 aromatic carbocycles. The maximum absolute atomic E-state index is 12.6. The number of hydrogen-bond acceptors (Lipinski definition) is 3. The van der Waals surface area contributed by atoms with Crippen LogP contribution in [0.3, 0.4) is 0 Å². The number of benzene rings is 2. The monoisotopic (exact) mass is 300 g/mol. The summed E-state index contributed by atoms with van der Waals surface area (Å²) in [4.78, 5) is 14.4. The van der Waals surface area contributed by atoms with Crippen LogP contribution in [0.15, 0.2) is 48.5 Å². The molecule has 0 aliphatic rings. The maximum Gasteiger partial charge on any atom is 0.258 e. The predicted octanol–water partition coefficient (Wildman–Crippen LogP) is 2.61. The number of carbonyl (C=O) groups excluding carboxylic acids is 1. The Bertz CT molecular complexity index is 685. The number of anilines is 1. The fourth-order valence-corrected chi connectivity index (χ4v) is 2.14. The van der Waals surface area contributed by atoms with E-state index < -0.39 is 0 Å². The maximum atomic E-state index is 12.6. The minimum Gasteiger partial charge on any atom is -0.495 e. The van der Waals surface area contributed by atoms with Gasteiger partial charge in [0.2, 0.25) is 0 Å². The molecule has 4 nitrogen and oxygen atoms in total. The normalized spacial score (nSPS) is 10.0. The van der Waals surface area contributed by atoms with Gasteiger partial charge in [0, 0.05) is 18.2 Å². The van der Waals surface area contributed by atoms with Gasteiger partial charge in [0.05, 0.1) is 12.8 Å². The van der Waals surface area contributed by atoms with Gasteiger partial charge in [-0.3, -0.25) is 4.79 Å². The largest absolute Gasteiger partial charge is 0.495 e. The van der Waals surface area contributed by atoms with Crippen molar-refractivity contribution in [3.63, 3.8) is 0 Å². The molecular formula is C16H16N2O2S. The Morgan fingerprint density at radius 1 is 1.14 bits per heavy atom. The third kappa shape index (κ3) is 3.20. The zero-order valence-corrected chi connectivity index (χ0v) is 12.7. The fourth-order valence-electron chi connectivity index (χ4n) is 2.02. The van der Waals surface area contributed by atoms with E-state index in [1.165, 1.54) is 4.90 Å². The number of nitrogens with zero attached hydrogens (tertiary/aromatic N) is 1. The summed E-state index contributed by atoms with van der Waals surface area (Å²) >= 11 is 4.94. The molecule has 2 aromatic rings. The molecule has 0 spiro atoms. The number of carbonyl (C=O) groups is 1. The highest BCUT2D eigenvalue weighted by Gasteiger charge is 2.17. The summed E-state index contributed by atoms with van der Waals surface area (Å²) in [6.45, 7) is 0. The Hall–Kier alpha value is -2.40.